The van der Waals surface area contributed by atoms with Crippen LogP contribution in [-0.4, -0.2) is 0 Å². The minimum absolute atomic E-state index is 1.25. The molecular weight excluding hydrogens is 649 g/mol. The summed E-state index contributed by atoms with van der Waals surface area (Å²) in [7, 11) is 0. The Labute approximate surface area is 314 Å². The molecule has 0 aliphatic rings. The summed E-state index contributed by atoms with van der Waals surface area (Å²) in [5.41, 5.74) is 10.5. The van der Waals surface area contributed by atoms with Crippen LogP contribution in [0, 0.1) is 27.7 Å². The van der Waals surface area contributed by atoms with Gasteiger partial charge in [0.2, 0.25) is 0 Å². The van der Waals surface area contributed by atoms with Crippen molar-refractivity contribution in [2.75, 3.05) is 0 Å². The van der Waals surface area contributed by atoms with Gasteiger partial charge in [0.25, 0.3) is 0 Å². The van der Waals surface area contributed by atoms with Crippen molar-refractivity contribution >= 4 is 86.2 Å². The molecule has 0 atom stereocenters. The summed E-state index contributed by atoms with van der Waals surface area (Å²) in [5, 5.41) is 20.8. The van der Waals surface area contributed by atoms with E-state index in [4.69, 9.17) is 0 Å². The lowest BCUT2D eigenvalue weighted by atomic mass is 9.81. The van der Waals surface area contributed by atoms with Gasteiger partial charge in [0.15, 0.2) is 0 Å². The Balaban J connectivity index is 1.36. The van der Waals surface area contributed by atoms with Gasteiger partial charge in [-0.1, -0.05) is 146 Å². The molecule has 0 aromatic heterocycles. The molecule has 54 heavy (non-hydrogen) atoms. The molecule has 0 heterocycles. The lowest BCUT2D eigenvalue weighted by Crippen LogP contribution is -1.95. The van der Waals surface area contributed by atoms with Crippen molar-refractivity contribution in [2.24, 2.45) is 0 Å². The van der Waals surface area contributed by atoms with Gasteiger partial charge in [-0.15, -0.1) is 0 Å². The molecule has 11 rings (SSSR count). The highest BCUT2D eigenvalue weighted by Gasteiger charge is 2.22. The molecule has 0 saturated carbocycles. The highest BCUT2D eigenvalue weighted by molar-refractivity contribution is 6.33. The second kappa shape index (κ2) is 11.5. The van der Waals surface area contributed by atoms with Crippen LogP contribution in [0.3, 0.4) is 0 Å². The third kappa shape index (κ3) is 4.26. The normalized spacial score (nSPS) is 12.1. The van der Waals surface area contributed by atoms with E-state index in [0.29, 0.717) is 0 Å². The van der Waals surface area contributed by atoms with E-state index in [1.54, 1.807) is 0 Å². The van der Waals surface area contributed by atoms with Gasteiger partial charge in [-0.25, -0.2) is 0 Å². The first kappa shape index (κ1) is 31.1. The topological polar surface area (TPSA) is 0 Å². The second-order valence-electron chi connectivity index (χ2n) is 15.3. The predicted molar refractivity (Wildman–Crippen MR) is 236 cm³/mol. The van der Waals surface area contributed by atoms with E-state index in [1.165, 1.54) is 131 Å². The third-order valence-electron chi connectivity index (χ3n) is 12.7. The molecule has 0 nitrogen and oxygen atoms in total. The standard InChI is InChI=1S/C54H38/c1-31-33(3)41-25-23-37(29-49(41)45-19-11-9-15-39(31)45)51-47-27-21-36-14-6-8-18-44(36)54(47)52(48-28-22-35-13-5-7-17-43(35)53(48)51)38-24-26-42-34(4)32(2)40-16-10-12-20-46(40)50(42)30-38/h5-30H,1-4H3. The maximum Gasteiger partial charge on any atom is -0.00141 e. The Hall–Kier alpha value is -6.50. The fourth-order valence-corrected chi connectivity index (χ4v) is 9.76. The monoisotopic (exact) mass is 686 g/mol. The van der Waals surface area contributed by atoms with Crippen LogP contribution in [0.1, 0.15) is 22.3 Å². The molecule has 0 fully saturated rings. The zero-order valence-electron chi connectivity index (χ0n) is 31.0. The van der Waals surface area contributed by atoms with E-state index in [2.05, 4.69) is 185 Å². The fourth-order valence-electron chi connectivity index (χ4n) is 9.76. The van der Waals surface area contributed by atoms with Crippen LogP contribution in [0.4, 0.5) is 0 Å². The molecule has 0 N–H and O–H groups in total. The molecule has 0 saturated heterocycles. The summed E-state index contributed by atoms with van der Waals surface area (Å²) in [4.78, 5) is 0. The molecule has 0 radical (unpaired) electrons. The first-order valence-electron chi connectivity index (χ1n) is 19.1. The lowest BCUT2D eigenvalue weighted by molar-refractivity contribution is 1.41. The average molecular weight is 687 g/mol. The number of aryl methyl sites for hydroxylation is 4. The Morgan fingerprint density at radius 3 is 0.963 bits per heavy atom. The van der Waals surface area contributed by atoms with E-state index in [1.807, 2.05) is 0 Å². The van der Waals surface area contributed by atoms with E-state index in [-0.39, 0.29) is 0 Å². The summed E-state index contributed by atoms with van der Waals surface area (Å²) in [5.74, 6) is 0. The van der Waals surface area contributed by atoms with Crippen molar-refractivity contribution in [3.8, 4) is 22.3 Å². The molecule has 254 valence electrons. The maximum atomic E-state index is 2.47. The summed E-state index contributed by atoms with van der Waals surface area (Å²) in [6.45, 7) is 9.08. The van der Waals surface area contributed by atoms with Gasteiger partial charge in [0.1, 0.15) is 0 Å². The van der Waals surface area contributed by atoms with Gasteiger partial charge >= 0.3 is 0 Å². The van der Waals surface area contributed by atoms with E-state index >= 15 is 0 Å². The Bertz CT molecular complexity index is 3180. The molecule has 0 aliphatic carbocycles. The van der Waals surface area contributed by atoms with Crippen molar-refractivity contribution < 1.29 is 0 Å². The molecule has 0 amide bonds. The maximum absolute atomic E-state index is 2.47. The van der Waals surface area contributed by atoms with Crippen LogP contribution < -0.4 is 0 Å². The van der Waals surface area contributed by atoms with Gasteiger partial charge in [0, 0.05) is 0 Å². The number of benzene rings is 11. The Morgan fingerprint density at radius 2 is 0.556 bits per heavy atom. The van der Waals surface area contributed by atoms with Crippen LogP contribution in [0.2, 0.25) is 0 Å². The Kier molecular flexibility index (Phi) is 6.61. The summed E-state index contributed by atoms with van der Waals surface area (Å²) >= 11 is 0. The predicted octanol–water partition coefficient (Wildman–Crippen LogP) is 15.5. The van der Waals surface area contributed by atoms with Gasteiger partial charge in [-0.2, -0.15) is 0 Å². The van der Waals surface area contributed by atoms with Crippen LogP contribution in [-0.2, 0) is 0 Å². The zero-order valence-corrected chi connectivity index (χ0v) is 31.0. The Morgan fingerprint density at radius 1 is 0.241 bits per heavy atom. The minimum atomic E-state index is 1.25. The van der Waals surface area contributed by atoms with Gasteiger partial charge in [-0.3, -0.25) is 0 Å². The number of hydrogen-bond acceptors (Lipinski definition) is 0. The molecule has 11 aromatic carbocycles. The van der Waals surface area contributed by atoms with Crippen molar-refractivity contribution in [1.82, 2.24) is 0 Å². The van der Waals surface area contributed by atoms with Crippen LogP contribution >= 0.6 is 0 Å². The summed E-state index contributed by atoms with van der Waals surface area (Å²) in [6.07, 6.45) is 0. The van der Waals surface area contributed by atoms with Crippen LogP contribution in [0.15, 0.2) is 158 Å². The van der Waals surface area contributed by atoms with Crippen molar-refractivity contribution in [2.45, 2.75) is 27.7 Å². The van der Waals surface area contributed by atoms with Gasteiger partial charge in [-0.05, 0) is 171 Å². The molecule has 0 bridgehead atoms. The smallest absolute Gasteiger partial charge is 0.00141 e. The molecule has 11 aromatic rings. The molecule has 0 unspecified atom stereocenters. The number of rotatable bonds is 2. The van der Waals surface area contributed by atoms with Gasteiger partial charge in [0.05, 0.1) is 0 Å². The van der Waals surface area contributed by atoms with Crippen LogP contribution in [0.5, 0.6) is 0 Å². The third-order valence-corrected chi connectivity index (χ3v) is 12.7. The van der Waals surface area contributed by atoms with Gasteiger partial charge < -0.3 is 0 Å². The second-order valence-corrected chi connectivity index (χ2v) is 15.3. The fraction of sp³-hybridized carbons (Fsp3) is 0.0741. The number of fused-ring (bicyclic) bond motifs is 12. The summed E-state index contributed by atoms with van der Waals surface area (Å²) in [6, 6.07) is 59.6. The lowest BCUT2D eigenvalue weighted by Gasteiger charge is -2.22. The highest BCUT2D eigenvalue weighted by atomic mass is 14.2. The van der Waals surface area contributed by atoms with Crippen molar-refractivity contribution in [1.29, 1.82) is 0 Å². The zero-order chi connectivity index (χ0) is 36.2. The minimum Gasteiger partial charge on any atom is -0.0616 e. The van der Waals surface area contributed by atoms with E-state index in [0.717, 1.165) is 0 Å². The largest absolute Gasteiger partial charge is 0.0616 e. The highest BCUT2D eigenvalue weighted by Crippen LogP contribution is 2.50. The molecular formula is C54H38. The SMILES string of the molecule is Cc1c(C)c2ccc(-c3c4ccc5ccccc5c4c(-c4ccc5c(C)c(C)c6ccccc6c5c4)c4ccc5ccccc5c34)cc2c2ccccc12. The molecule has 0 heteroatoms. The first-order chi connectivity index (χ1) is 26.5. The average Bonchev–Trinajstić information content (AvgIpc) is 3.23. The van der Waals surface area contributed by atoms with E-state index < -0.39 is 0 Å². The molecule has 0 aliphatic heterocycles. The van der Waals surface area contributed by atoms with Crippen molar-refractivity contribution in [3.63, 3.8) is 0 Å². The van der Waals surface area contributed by atoms with Crippen molar-refractivity contribution in [3.05, 3.63) is 180 Å². The summed E-state index contributed by atoms with van der Waals surface area (Å²) < 4.78 is 0. The number of hydrogen-bond donors (Lipinski definition) is 0. The quantitative estimate of drug-likeness (QED) is 0.125. The molecule has 0 spiro atoms. The van der Waals surface area contributed by atoms with E-state index in [9.17, 15) is 0 Å². The van der Waals surface area contributed by atoms with Crippen LogP contribution in [0.25, 0.3) is 108 Å². The first-order valence-corrected chi connectivity index (χ1v) is 19.1.